The summed E-state index contributed by atoms with van der Waals surface area (Å²) >= 11 is 0. The predicted molar refractivity (Wildman–Crippen MR) is 71.7 cm³/mol. The third-order valence-corrected chi connectivity index (χ3v) is 3.51. The Hall–Kier alpha value is -1.92. The molecular weight excluding hydrogens is 282 g/mol. The number of amides is 1. The van der Waals surface area contributed by atoms with Crippen molar-refractivity contribution in [2.75, 3.05) is 20.2 Å². The molecule has 21 heavy (non-hydrogen) atoms. The van der Waals surface area contributed by atoms with Gasteiger partial charge in [0.2, 0.25) is 17.7 Å². The van der Waals surface area contributed by atoms with Gasteiger partial charge in [-0.25, -0.2) is 0 Å². The maximum Gasteiger partial charge on any atom is 0.388 e. The first-order chi connectivity index (χ1) is 10.0. The van der Waals surface area contributed by atoms with Gasteiger partial charge in [0, 0.05) is 25.2 Å². The number of rotatable bonds is 5. The molecule has 0 unspecified atom stereocenters. The van der Waals surface area contributed by atoms with Crippen molar-refractivity contribution in [2.24, 2.45) is 0 Å². The highest BCUT2D eigenvalue weighted by Gasteiger charge is 2.25. The van der Waals surface area contributed by atoms with Crippen LogP contribution in [0, 0.1) is 0 Å². The van der Waals surface area contributed by atoms with E-state index >= 15 is 0 Å². The summed E-state index contributed by atoms with van der Waals surface area (Å²) in [5.74, 6) is -0.589. The van der Waals surface area contributed by atoms with Crippen LogP contribution in [-0.2, 0) is 4.79 Å². The summed E-state index contributed by atoms with van der Waals surface area (Å²) in [4.78, 5) is 17.9. The van der Waals surface area contributed by atoms with E-state index in [0.29, 0.717) is 5.56 Å². The zero-order chi connectivity index (χ0) is 15.4. The molecule has 7 heteroatoms. The molecule has 0 radical (unpaired) electrons. The quantitative estimate of drug-likeness (QED) is 0.838. The Kier molecular flexibility index (Phi) is 4.93. The Morgan fingerprint density at radius 2 is 1.90 bits per heavy atom. The third-order valence-electron chi connectivity index (χ3n) is 3.51. The topological polar surface area (TPSA) is 51.7 Å². The number of ether oxygens (including phenoxy) is 2. The number of likely N-dealkylation sites (tertiary alicyclic amines) is 1. The Labute approximate surface area is 121 Å². The van der Waals surface area contributed by atoms with Crippen molar-refractivity contribution in [3.05, 3.63) is 17.7 Å². The molecule has 0 saturated carbocycles. The van der Waals surface area contributed by atoms with Crippen molar-refractivity contribution in [3.8, 4) is 11.8 Å². The molecule has 0 spiro atoms. The number of methoxy groups -OCH3 is 1. The van der Waals surface area contributed by atoms with E-state index in [4.69, 9.17) is 4.74 Å². The van der Waals surface area contributed by atoms with Gasteiger partial charge in [0.15, 0.2) is 0 Å². The molecule has 1 aliphatic rings. The third kappa shape index (κ3) is 3.80. The van der Waals surface area contributed by atoms with Crippen LogP contribution in [0.4, 0.5) is 8.78 Å². The van der Waals surface area contributed by atoms with Crippen molar-refractivity contribution in [1.82, 2.24) is 9.88 Å². The van der Waals surface area contributed by atoms with Crippen molar-refractivity contribution < 1.29 is 23.0 Å². The second kappa shape index (κ2) is 6.69. The maximum absolute atomic E-state index is 12.4. The fourth-order valence-electron chi connectivity index (χ4n) is 2.36. The van der Waals surface area contributed by atoms with Crippen LogP contribution in [0.2, 0.25) is 0 Å². The van der Waals surface area contributed by atoms with Gasteiger partial charge in [-0.05, 0) is 25.3 Å². The molecule has 0 aromatic carbocycles. The van der Waals surface area contributed by atoms with Crippen LogP contribution in [0.25, 0.3) is 0 Å². The Morgan fingerprint density at radius 1 is 1.29 bits per heavy atom. The van der Waals surface area contributed by atoms with Gasteiger partial charge in [-0.15, -0.1) is 0 Å². The van der Waals surface area contributed by atoms with Gasteiger partial charge in [-0.3, -0.25) is 4.79 Å². The Balaban J connectivity index is 2.22. The fraction of sp³-hybridized carbons (Fsp3) is 0.571. The molecule has 1 aliphatic heterocycles. The lowest BCUT2D eigenvalue weighted by Gasteiger charge is -2.21. The van der Waals surface area contributed by atoms with E-state index in [1.54, 1.807) is 17.9 Å². The molecule has 5 nitrogen and oxygen atoms in total. The normalized spacial score (nSPS) is 16.1. The SMILES string of the molecule is COc1cc([C@H](C)C(=O)N2CCCC2)cc(OC(F)F)n1. The summed E-state index contributed by atoms with van der Waals surface area (Å²) in [6.45, 7) is 0.251. The molecule has 1 aromatic heterocycles. The van der Waals surface area contributed by atoms with Gasteiger partial charge < -0.3 is 14.4 Å². The predicted octanol–water partition coefficient (Wildman–Crippen LogP) is 2.42. The van der Waals surface area contributed by atoms with Gasteiger partial charge in [0.25, 0.3) is 0 Å². The Bertz CT molecular complexity index is 505. The van der Waals surface area contributed by atoms with Crippen molar-refractivity contribution in [2.45, 2.75) is 32.3 Å². The minimum atomic E-state index is -2.97. The number of carbonyl (C=O) groups is 1. The van der Waals surface area contributed by atoms with E-state index in [0.717, 1.165) is 25.9 Å². The summed E-state index contributed by atoms with van der Waals surface area (Å²) in [5, 5.41) is 0. The van der Waals surface area contributed by atoms with Crippen LogP contribution in [0.1, 0.15) is 31.2 Å². The first-order valence-corrected chi connectivity index (χ1v) is 6.81. The number of pyridine rings is 1. The first kappa shape index (κ1) is 15.5. The minimum absolute atomic E-state index is 0.0243. The number of hydrogen-bond acceptors (Lipinski definition) is 4. The van der Waals surface area contributed by atoms with E-state index in [1.807, 2.05) is 0 Å². The van der Waals surface area contributed by atoms with Crippen LogP contribution in [-0.4, -0.2) is 42.6 Å². The lowest BCUT2D eigenvalue weighted by atomic mass is 10.0. The molecule has 0 bridgehead atoms. The summed E-state index contributed by atoms with van der Waals surface area (Å²) in [6.07, 6.45) is 2.00. The van der Waals surface area contributed by atoms with Crippen molar-refractivity contribution in [1.29, 1.82) is 0 Å². The Morgan fingerprint density at radius 3 is 2.48 bits per heavy atom. The molecule has 0 N–H and O–H groups in total. The molecular formula is C14H18F2N2O3. The second-order valence-corrected chi connectivity index (χ2v) is 4.91. The number of carbonyl (C=O) groups excluding carboxylic acids is 1. The van der Waals surface area contributed by atoms with Crippen LogP contribution in [0.15, 0.2) is 12.1 Å². The zero-order valence-electron chi connectivity index (χ0n) is 12.0. The van der Waals surface area contributed by atoms with E-state index in [1.165, 1.54) is 13.2 Å². The maximum atomic E-state index is 12.4. The minimum Gasteiger partial charge on any atom is -0.481 e. The highest BCUT2D eigenvalue weighted by atomic mass is 19.3. The van der Waals surface area contributed by atoms with E-state index in [-0.39, 0.29) is 17.7 Å². The number of aromatic nitrogens is 1. The van der Waals surface area contributed by atoms with Crippen molar-refractivity contribution >= 4 is 5.91 Å². The monoisotopic (exact) mass is 300 g/mol. The molecule has 2 heterocycles. The first-order valence-electron chi connectivity index (χ1n) is 6.81. The smallest absolute Gasteiger partial charge is 0.388 e. The molecule has 1 saturated heterocycles. The lowest BCUT2D eigenvalue weighted by molar-refractivity contribution is -0.131. The standard InChI is InChI=1S/C14H18F2N2O3/c1-9(13(19)18-5-3-4-6-18)10-7-11(20-2)17-12(8-10)21-14(15)16/h7-9,14H,3-6H2,1-2H3/t9-/m0/s1. The molecule has 2 rings (SSSR count). The average molecular weight is 300 g/mol. The highest BCUT2D eigenvalue weighted by molar-refractivity contribution is 5.83. The van der Waals surface area contributed by atoms with E-state index in [9.17, 15) is 13.6 Å². The highest BCUT2D eigenvalue weighted by Crippen LogP contribution is 2.27. The van der Waals surface area contributed by atoms with Crippen molar-refractivity contribution in [3.63, 3.8) is 0 Å². The van der Waals surface area contributed by atoms with Crippen LogP contribution in [0.3, 0.4) is 0 Å². The molecule has 1 aromatic rings. The largest absolute Gasteiger partial charge is 0.481 e. The summed E-state index contributed by atoms with van der Waals surface area (Å²) in [5.41, 5.74) is 0.550. The number of hydrogen-bond donors (Lipinski definition) is 0. The van der Waals surface area contributed by atoms with Gasteiger partial charge in [-0.1, -0.05) is 0 Å². The van der Waals surface area contributed by atoms with Gasteiger partial charge in [0.1, 0.15) is 0 Å². The van der Waals surface area contributed by atoms with Crippen LogP contribution < -0.4 is 9.47 Å². The van der Waals surface area contributed by atoms with Gasteiger partial charge >= 0.3 is 6.61 Å². The number of halogens is 2. The summed E-state index contributed by atoms with van der Waals surface area (Å²) in [7, 11) is 1.38. The molecule has 1 amide bonds. The van der Waals surface area contributed by atoms with Crippen LogP contribution >= 0.6 is 0 Å². The summed E-state index contributed by atoms with van der Waals surface area (Å²) in [6, 6.07) is 2.92. The zero-order valence-corrected chi connectivity index (χ0v) is 12.0. The van der Waals surface area contributed by atoms with Gasteiger partial charge in [0.05, 0.1) is 13.0 Å². The van der Waals surface area contributed by atoms with E-state index < -0.39 is 12.5 Å². The molecule has 116 valence electrons. The number of alkyl halides is 2. The summed E-state index contributed by atoms with van der Waals surface area (Å²) < 4.78 is 33.9. The fourth-order valence-corrected chi connectivity index (χ4v) is 2.36. The van der Waals surface area contributed by atoms with Crippen LogP contribution in [0.5, 0.6) is 11.8 Å². The number of nitrogens with zero attached hydrogens (tertiary/aromatic N) is 2. The molecule has 1 fully saturated rings. The molecule has 1 atom stereocenters. The second-order valence-electron chi connectivity index (χ2n) is 4.91. The average Bonchev–Trinajstić information content (AvgIpc) is 2.98. The van der Waals surface area contributed by atoms with Gasteiger partial charge in [-0.2, -0.15) is 13.8 Å². The molecule has 0 aliphatic carbocycles. The lowest BCUT2D eigenvalue weighted by Crippen LogP contribution is -2.31. The van der Waals surface area contributed by atoms with E-state index in [2.05, 4.69) is 9.72 Å².